The largest absolute Gasteiger partial charge is 0.445 e. The molecule has 3 rings (SSSR count). The van der Waals surface area contributed by atoms with E-state index in [0.717, 1.165) is 5.56 Å². The van der Waals surface area contributed by atoms with E-state index in [9.17, 15) is 19.2 Å². The molecule has 1 aromatic heterocycles. The fraction of sp³-hybridized carbons (Fsp3) is 0.409. The number of alkyl carbamates (subject to hydrolysis) is 1. The van der Waals surface area contributed by atoms with E-state index in [1.165, 1.54) is 6.20 Å². The molecule has 2 N–H and O–H groups in total. The lowest BCUT2D eigenvalue weighted by Crippen LogP contribution is -2.46. The van der Waals surface area contributed by atoms with Crippen LogP contribution >= 0.6 is 0 Å². The highest BCUT2D eigenvalue weighted by Gasteiger charge is 2.34. The summed E-state index contributed by atoms with van der Waals surface area (Å²) in [4.78, 5) is 49.8. The second kappa shape index (κ2) is 10.0. The van der Waals surface area contributed by atoms with Crippen molar-refractivity contribution in [3.05, 3.63) is 53.4 Å². The summed E-state index contributed by atoms with van der Waals surface area (Å²) >= 11 is 0. The summed E-state index contributed by atoms with van der Waals surface area (Å²) in [5, 5.41) is 8.77. The molecule has 0 radical (unpaired) electrons. The summed E-state index contributed by atoms with van der Waals surface area (Å²) in [6, 6.07) is 8.31. The number of hydrogen-bond donors (Lipinski definition) is 2. The van der Waals surface area contributed by atoms with Gasteiger partial charge in [-0.1, -0.05) is 49.3 Å². The van der Waals surface area contributed by atoms with Gasteiger partial charge in [-0.2, -0.15) is 0 Å². The van der Waals surface area contributed by atoms with Gasteiger partial charge in [0, 0.05) is 17.9 Å². The highest BCUT2D eigenvalue weighted by molar-refractivity contribution is 6.37. The van der Waals surface area contributed by atoms with Crippen LogP contribution in [0.1, 0.15) is 37.2 Å². The van der Waals surface area contributed by atoms with Crippen LogP contribution in [-0.4, -0.2) is 34.8 Å². The maximum absolute atomic E-state index is 13.0. The van der Waals surface area contributed by atoms with Crippen LogP contribution in [0.3, 0.4) is 0 Å². The van der Waals surface area contributed by atoms with Crippen molar-refractivity contribution in [3.8, 4) is 0 Å². The van der Waals surface area contributed by atoms with Gasteiger partial charge in [-0.15, -0.1) is 0 Å². The molecular weight excluding hydrogens is 402 g/mol. The van der Waals surface area contributed by atoms with Gasteiger partial charge in [-0.25, -0.2) is 4.79 Å². The molecule has 0 fully saturated rings. The van der Waals surface area contributed by atoms with Gasteiger partial charge in [0.2, 0.25) is 5.78 Å². The van der Waals surface area contributed by atoms with Gasteiger partial charge >= 0.3 is 6.09 Å². The van der Waals surface area contributed by atoms with Crippen molar-refractivity contribution in [1.29, 1.82) is 0 Å². The second-order valence-corrected chi connectivity index (χ2v) is 7.82. The maximum Gasteiger partial charge on any atom is 0.408 e. The molecule has 0 aliphatic carbocycles. The van der Waals surface area contributed by atoms with Crippen molar-refractivity contribution >= 4 is 23.6 Å². The van der Waals surface area contributed by atoms with Crippen LogP contribution in [0.2, 0.25) is 0 Å². The van der Waals surface area contributed by atoms with Crippen molar-refractivity contribution in [2.45, 2.75) is 45.9 Å². The van der Waals surface area contributed by atoms with E-state index < -0.39 is 29.7 Å². The zero-order valence-corrected chi connectivity index (χ0v) is 17.4. The molecule has 0 saturated heterocycles. The Bertz CT molecular complexity index is 953. The minimum atomic E-state index is -0.866. The van der Waals surface area contributed by atoms with Crippen molar-refractivity contribution < 1.29 is 28.4 Å². The van der Waals surface area contributed by atoms with Crippen LogP contribution in [0, 0.1) is 11.8 Å². The van der Waals surface area contributed by atoms with Gasteiger partial charge in [-0.3, -0.25) is 14.4 Å². The zero-order valence-electron chi connectivity index (χ0n) is 17.4. The molecule has 9 nitrogen and oxygen atoms in total. The summed E-state index contributed by atoms with van der Waals surface area (Å²) in [6.07, 6.45) is 0.731. The number of aromatic nitrogens is 1. The summed E-state index contributed by atoms with van der Waals surface area (Å²) in [6.45, 7) is 3.71. The molecule has 2 aromatic rings. The minimum absolute atomic E-state index is 0.0726. The molecule has 1 aromatic carbocycles. The SMILES string of the molecule is CC(C)C(NC(=O)OCc1ccccc1)C(=O)CC1Cc2cnoc2CNC(=O)C1=O. The lowest BCUT2D eigenvalue weighted by atomic mass is 9.85. The van der Waals surface area contributed by atoms with Crippen LogP contribution in [0.4, 0.5) is 4.79 Å². The average Bonchev–Trinajstić information content (AvgIpc) is 3.19. The number of nitrogens with zero attached hydrogens (tertiary/aromatic N) is 1. The Labute approximate surface area is 179 Å². The summed E-state index contributed by atoms with van der Waals surface area (Å²) in [5.41, 5.74) is 1.49. The van der Waals surface area contributed by atoms with E-state index in [4.69, 9.17) is 9.26 Å². The molecule has 2 heterocycles. The number of ether oxygens (including phenoxy) is 1. The van der Waals surface area contributed by atoms with Gasteiger partial charge in [0.05, 0.1) is 18.8 Å². The molecule has 164 valence electrons. The number of fused-ring (bicyclic) bond motifs is 1. The number of carbonyl (C=O) groups is 4. The van der Waals surface area contributed by atoms with Gasteiger partial charge in [0.25, 0.3) is 5.91 Å². The average molecular weight is 427 g/mol. The molecule has 1 aliphatic rings. The van der Waals surface area contributed by atoms with E-state index in [-0.39, 0.29) is 37.7 Å². The monoisotopic (exact) mass is 427 g/mol. The topological polar surface area (TPSA) is 128 Å². The molecular formula is C22H25N3O6. The Morgan fingerprint density at radius 2 is 2.00 bits per heavy atom. The predicted octanol–water partition coefficient (Wildman–Crippen LogP) is 1.94. The highest BCUT2D eigenvalue weighted by atomic mass is 16.5. The minimum Gasteiger partial charge on any atom is -0.445 e. The first-order chi connectivity index (χ1) is 14.8. The Hall–Kier alpha value is -3.49. The Balaban J connectivity index is 1.64. The van der Waals surface area contributed by atoms with Gasteiger partial charge in [0.1, 0.15) is 6.61 Å². The maximum atomic E-state index is 13.0. The lowest BCUT2D eigenvalue weighted by Gasteiger charge is -2.24. The molecule has 0 spiro atoms. The number of amides is 2. The molecule has 9 heteroatoms. The van der Waals surface area contributed by atoms with Gasteiger partial charge < -0.3 is 19.9 Å². The highest BCUT2D eigenvalue weighted by Crippen LogP contribution is 2.21. The van der Waals surface area contributed by atoms with E-state index in [2.05, 4.69) is 15.8 Å². The van der Waals surface area contributed by atoms with E-state index in [1.807, 2.05) is 30.3 Å². The number of ketones is 2. The molecule has 0 bridgehead atoms. The normalized spacial score (nSPS) is 17.2. The van der Waals surface area contributed by atoms with Crippen LogP contribution in [0.25, 0.3) is 0 Å². The second-order valence-electron chi connectivity index (χ2n) is 7.82. The molecule has 2 unspecified atom stereocenters. The van der Waals surface area contributed by atoms with Crippen LogP contribution < -0.4 is 10.6 Å². The Morgan fingerprint density at radius 1 is 1.26 bits per heavy atom. The first-order valence-corrected chi connectivity index (χ1v) is 10.1. The number of hydrogen-bond acceptors (Lipinski definition) is 7. The van der Waals surface area contributed by atoms with Crippen molar-refractivity contribution in [3.63, 3.8) is 0 Å². The first-order valence-electron chi connectivity index (χ1n) is 10.1. The molecule has 0 saturated carbocycles. The smallest absolute Gasteiger partial charge is 0.408 e. The number of nitrogens with one attached hydrogen (secondary N) is 2. The Kier molecular flexibility index (Phi) is 7.17. The molecule has 1 aliphatic heterocycles. The fourth-order valence-electron chi connectivity index (χ4n) is 3.43. The van der Waals surface area contributed by atoms with Crippen LogP contribution in [-0.2, 0) is 38.7 Å². The van der Waals surface area contributed by atoms with Gasteiger partial charge in [0.15, 0.2) is 11.5 Å². The molecule has 2 atom stereocenters. The quantitative estimate of drug-likeness (QED) is 0.646. The van der Waals surface area contributed by atoms with Crippen molar-refractivity contribution in [1.82, 2.24) is 15.8 Å². The number of rotatable bonds is 7. The predicted molar refractivity (Wildman–Crippen MR) is 109 cm³/mol. The summed E-state index contributed by atoms with van der Waals surface area (Å²) in [7, 11) is 0. The summed E-state index contributed by atoms with van der Waals surface area (Å²) < 4.78 is 10.3. The fourth-order valence-corrected chi connectivity index (χ4v) is 3.43. The third-order valence-electron chi connectivity index (χ3n) is 5.15. The van der Waals surface area contributed by atoms with Crippen LogP contribution in [0.5, 0.6) is 0 Å². The zero-order chi connectivity index (χ0) is 22.4. The first kappa shape index (κ1) is 22.2. The van der Waals surface area contributed by atoms with E-state index in [0.29, 0.717) is 11.3 Å². The molecule has 31 heavy (non-hydrogen) atoms. The number of Topliss-reactive ketones (excluding diaryl/α,β-unsaturated/α-hetero) is 2. The lowest BCUT2D eigenvalue weighted by molar-refractivity contribution is -0.141. The third kappa shape index (κ3) is 5.78. The van der Waals surface area contributed by atoms with Crippen LogP contribution in [0.15, 0.2) is 41.1 Å². The number of benzene rings is 1. The Morgan fingerprint density at radius 3 is 2.71 bits per heavy atom. The van der Waals surface area contributed by atoms with Gasteiger partial charge in [-0.05, 0) is 17.9 Å². The summed E-state index contributed by atoms with van der Waals surface area (Å²) in [5.74, 6) is -2.43. The van der Waals surface area contributed by atoms with Crippen molar-refractivity contribution in [2.24, 2.45) is 11.8 Å². The van der Waals surface area contributed by atoms with E-state index in [1.54, 1.807) is 13.8 Å². The van der Waals surface area contributed by atoms with Crippen molar-refractivity contribution in [2.75, 3.05) is 0 Å². The number of carbonyl (C=O) groups excluding carboxylic acids is 4. The third-order valence-corrected chi connectivity index (χ3v) is 5.15. The van der Waals surface area contributed by atoms with E-state index >= 15 is 0 Å². The molecule has 2 amide bonds. The standard InChI is InChI=1S/C22H25N3O6/c1-13(2)19(25-22(29)30-12-14-6-4-3-5-7-14)17(26)9-15-8-16-10-24-31-18(16)11-23-21(28)20(15)27/h3-7,10,13,15,19H,8-9,11-12H2,1-2H3,(H,23,28)(H,25,29).